The summed E-state index contributed by atoms with van der Waals surface area (Å²) in [5, 5.41) is 15.1. The maximum atomic E-state index is 11.5. The quantitative estimate of drug-likeness (QED) is 0.667. The highest BCUT2D eigenvalue weighted by atomic mass is 16.4. The van der Waals surface area contributed by atoms with Gasteiger partial charge in [0.05, 0.1) is 5.56 Å². The van der Waals surface area contributed by atoms with Crippen molar-refractivity contribution in [3.05, 3.63) is 29.3 Å². The summed E-state index contributed by atoms with van der Waals surface area (Å²) in [4.78, 5) is 22.6. The molecule has 0 aromatic heterocycles. The zero-order valence-electron chi connectivity index (χ0n) is 11.6. The van der Waals surface area contributed by atoms with Gasteiger partial charge in [0, 0.05) is 24.7 Å². The molecule has 1 aliphatic rings. The lowest BCUT2D eigenvalue weighted by molar-refractivity contribution is -0.121. The van der Waals surface area contributed by atoms with Crippen molar-refractivity contribution in [2.24, 2.45) is 0 Å². The lowest BCUT2D eigenvalue weighted by Crippen LogP contribution is -2.25. The second kappa shape index (κ2) is 6.41. The fourth-order valence-electron chi connectivity index (χ4n) is 1.99. The largest absolute Gasteiger partial charge is 0.478 e. The number of rotatable bonds is 7. The first-order valence-electron chi connectivity index (χ1n) is 6.93. The standard InChI is InChI=1S/C15H20N2O3/c1-10-4-7-12(15(19)20)13(9-10)16-8-2-3-14(18)17-11-5-6-11/h4,7,9,11,16H,2-3,5-6,8H2,1H3,(H,17,18)(H,19,20). The van der Waals surface area contributed by atoms with Crippen LogP contribution in [0.1, 0.15) is 41.6 Å². The number of carboxylic acid groups (broad SMARTS) is 1. The molecule has 5 heteroatoms. The Hall–Kier alpha value is -2.04. The number of aromatic carboxylic acids is 1. The van der Waals surface area contributed by atoms with E-state index in [4.69, 9.17) is 5.11 Å². The van der Waals surface area contributed by atoms with Crippen molar-refractivity contribution in [3.63, 3.8) is 0 Å². The predicted octanol–water partition coefficient (Wildman–Crippen LogP) is 2.16. The van der Waals surface area contributed by atoms with E-state index >= 15 is 0 Å². The van der Waals surface area contributed by atoms with Gasteiger partial charge in [-0.3, -0.25) is 4.79 Å². The Morgan fingerprint density at radius 3 is 2.75 bits per heavy atom. The molecule has 1 aromatic rings. The van der Waals surface area contributed by atoms with E-state index in [2.05, 4.69) is 10.6 Å². The molecule has 1 amide bonds. The number of aryl methyl sites for hydroxylation is 1. The van der Waals surface area contributed by atoms with E-state index in [1.54, 1.807) is 12.1 Å². The van der Waals surface area contributed by atoms with Crippen LogP contribution in [0.5, 0.6) is 0 Å². The molecule has 0 unspecified atom stereocenters. The first-order chi connectivity index (χ1) is 9.56. The number of carbonyl (C=O) groups excluding carboxylic acids is 1. The number of hydrogen-bond donors (Lipinski definition) is 3. The number of nitrogens with one attached hydrogen (secondary N) is 2. The van der Waals surface area contributed by atoms with E-state index in [1.807, 2.05) is 13.0 Å². The highest BCUT2D eigenvalue weighted by Crippen LogP contribution is 2.19. The molecule has 0 heterocycles. The third-order valence-corrected chi connectivity index (χ3v) is 3.24. The number of carbonyl (C=O) groups is 2. The number of hydrogen-bond acceptors (Lipinski definition) is 3. The Labute approximate surface area is 118 Å². The van der Waals surface area contributed by atoms with Crippen molar-refractivity contribution in [2.45, 2.75) is 38.6 Å². The highest BCUT2D eigenvalue weighted by Gasteiger charge is 2.22. The van der Waals surface area contributed by atoms with Crippen LogP contribution in [-0.4, -0.2) is 29.6 Å². The number of amides is 1. The Kier molecular flexibility index (Phi) is 4.61. The molecular formula is C15H20N2O3. The summed E-state index contributed by atoms with van der Waals surface area (Å²) in [6, 6.07) is 5.58. The summed E-state index contributed by atoms with van der Waals surface area (Å²) in [6.45, 7) is 2.50. The van der Waals surface area contributed by atoms with Gasteiger partial charge >= 0.3 is 5.97 Å². The summed E-state index contributed by atoms with van der Waals surface area (Å²) >= 11 is 0. The van der Waals surface area contributed by atoms with Gasteiger partial charge in [0.25, 0.3) is 0 Å². The number of carboxylic acids is 1. The molecule has 0 bridgehead atoms. The fourth-order valence-corrected chi connectivity index (χ4v) is 1.99. The zero-order valence-corrected chi connectivity index (χ0v) is 11.6. The van der Waals surface area contributed by atoms with E-state index in [0.29, 0.717) is 31.1 Å². The molecular weight excluding hydrogens is 256 g/mol. The third-order valence-electron chi connectivity index (χ3n) is 3.24. The Bertz CT molecular complexity index is 510. The summed E-state index contributed by atoms with van der Waals surface area (Å²) in [5.74, 6) is -0.865. The van der Waals surface area contributed by atoms with Crippen LogP contribution in [0.15, 0.2) is 18.2 Å². The minimum absolute atomic E-state index is 0.0806. The smallest absolute Gasteiger partial charge is 0.337 e. The summed E-state index contributed by atoms with van der Waals surface area (Å²) in [6.07, 6.45) is 3.34. The molecule has 2 rings (SSSR count). The van der Waals surface area contributed by atoms with Gasteiger partial charge in [0.2, 0.25) is 5.91 Å². The van der Waals surface area contributed by atoms with Crippen LogP contribution < -0.4 is 10.6 Å². The Balaban J connectivity index is 1.79. The monoisotopic (exact) mass is 276 g/mol. The van der Waals surface area contributed by atoms with Crippen LogP contribution in [0, 0.1) is 6.92 Å². The van der Waals surface area contributed by atoms with Crippen molar-refractivity contribution < 1.29 is 14.7 Å². The lowest BCUT2D eigenvalue weighted by atomic mass is 10.1. The number of benzene rings is 1. The Morgan fingerprint density at radius 2 is 2.10 bits per heavy atom. The van der Waals surface area contributed by atoms with Crippen LogP contribution in [-0.2, 0) is 4.79 Å². The summed E-state index contributed by atoms with van der Waals surface area (Å²) < 4.78 is 0. The van der Waals surface area contributed by atoms with Crippen molar-refractivity contribution in [1.82, 2.24) is 5.32 Å². The van der Waals surface area contributed by atoms with E-state index in [1.165, 1.54) is 0 Å². The lowest BCUT2D eigenvalue weighted by Gasteiger charge is -2.10. The minimum atomic E-state index is -0.945. The molecule has 0 radical (unpaired) electrons. The van der Waals surface area contributed by atoms with Crippen molar-refractivity contribution >= 4 is 17.6 Å². The predicted molar refractivity (Wildman–Crippen MR) is 77.0 cm³/mol. The van der Waals surface area contributed by atoms with E-state index in [-0.39, 0.29) is 11.5 Å². The average molecular weight is 276 g/mol. The summed E-state index contributed by atoms with van der Waals surface area (Å²) in [7, 11) is 0. The molecule has 1 saturated carbocycles. The maximum absolute atomic E-state index is 11.5. The topological polar surface area (TPSA) is 78.4 Å². The molecule has 0 atom stereocenters. The molecule has 0 spiro atoms. The van der Waals surface area contributed by atoms with Gasteiger partial charge < -0.3 is 15.7 Å². The van der Waals surface area contributed by atoms with Gasteiger partial charge in [-0.2, -0.15) is 0 Å². The van der Waals surface area contributed by atoms with Crippen LogP contribution in [0.25, 0.3) is 0 Å². The molecule has 5 nitrogen and oxygen atoms in total. The number of anilines is 1. The van der Waals surface area contributed by atoms with Gasteiger partial charge in [-0.05, 0) is 43.9 Å². The highest BCUT2D eigenvalue weighted by molar-refractivity contribution is 5.94. The van der Waals surface area contributed by atoms with Gasteiger partial charge in [0.1, 0.15) is 0 Å². The first-order valence-corrected chi connectivity index (χ1v) is 6.93. The fraction of sp³-hybridized carbons (Fsp3) is 0.467. The van der Waals surface area contributed by atoms with Gasteiger partial charge in [-0.1, -0.05) is 6.07 Å². The van der Waals surface area contributed by atoms with Crippen LogP contribution in [0.2, 0.25) is 0 Å². The van der Waals surface area contributed by atoms with Gasteiger partial charge in [0.15, 0.2) is 0 Å². The van der Waals surface area contributed by atoms with Crippen molar-refractivity contribution in [3.8, 4) is 0 Å². The van der Waals surface area contributed by atoms with Gasteiger partial charge in [-0.15, -0.1) is 0 Å². The normalized spacial score (nSPS) is 13.8. The molecule has 0 aliphatic heterocycles. The van der Waals surface area contributed by atoms with Crippen LogP contribution in [0.3, 0.4) is 0 Å². The molecule has 108 valence electrons. The van der Waals surface area contributed by atoms with E-state index in [9.17, 15) is 9.59 Å². The average Bonchev–Trinajstić information content (AvgIpc) is 3.18. The second-order valence-electron chi connectivity index (χ2n) is 5.23. The van der Waals surface area contributed by atoms with Crippen LogP contribution in [0.4, 0.5) is 5.69 Å². The van der Waals surface area contributed by atoms with Gasteiger partial charge in [-0.25, -0.2) is 4.79 Å². The first kappa shape index (κ1) is 14.4. The molecule has 1 aromatic carbocycles. The third kappa shape index (κ3) is 4.26. The maximum Gasteiger partial charge on any atom is 0.337 e. The zero-order chi connectivity index (χ0) is 14.5. The second-order valence-corrected chi connectivity index (χ2v) is 5.23. The Morgan fingerprint density at radius 1 is 1.35 bits per heavy atom. The minimum Gasteiger partial charge on any atom is -0.478 e. The SMILES string of the molecule is Cc1ccc(C(=O)O)c(NCCCC(=O)NC2CC2)c1. The van der Waals surface area contributed by atoms with E-state index in [0.717, 1.165) is 18.4 Å². The molecule has 1 aliphatic carbocycles. The molecule has 3 N–H and O–H groups in total. The van der Waals surface area contributed by atoms with Crippen molar-refractivity contribution in [1.29, 1.82) is 0 Å². The molecule has 20 heavy (non-hydrogen) atoms. The van der Waals surface area contributed by atoms with E-state index < -0.39 is 5.97 Å². The molecule has 1 fully saturated rings. The summed E-state index contributed by atoms with van der Waals surface area (Å²) in [5.41, 5.74) is 1.88. The molecule has 0 saturated heterocycles. The van der Waals surface area contributed by atoms with Crippen LogP contribution >= 0.6 is 0 Å². The van der Waals surface area contributed by atoms with Crippen molar-refractivity contribution in [2.75, 3.05) is 11.9 Å².